The predicted molar refractivity (Wildman–Crippen MR) is 57.3 cm³/mol. The van der Waals surface area contributed by atoms with Gasteiger partial charge in [0, 0.05) is 12.6 Å². The molecule has 2 rings (SSSR count). The number of carbonyl (C=O) groups is 1. The Morgan fingerprint density at radius 1 is 1.50 bits per heavy atom. The predicted octanol–water partition coefficient (Wildman–Crippen LogP) is -1.07. The van der Waals surface area contributed by atoms with Crippen LogP contribution in [-0.2, 0) is 19.6 Å². The molecule has 7 heteroatoms. The summed E-state index contributed by atoms with van der Waals surface area (Å²) in [6, 6.07) is -0.373. The van der Waals surface area contributed by atoms with E-state index in [2.05, 4.69) is 4.72 Å². The number of sulfonamides is 1. The second-order valence-electron chi connectivity index (χ2n) is 4.20. The van der Waals surface area contributed by atoms with E-state index in [1.54, 1.807) is 0 Å². The van der Waals surface area contributed by atoms with E-state index >= 15 is 0 Å². The summed E-state index contributed by atoms with van der Waals surface area (Å²) < 4.78 is 29.8. The molecule has 2 unspecified atom stereocenters. The average molecular weight is 248 g/mol. The number of nitrogens with one attached hydrogen (secondary N) is 1. The van der Waals surface area contributed by atoms with E-state index in [1.165, 1.54) is 7.11 Å². The third-order valence-corrected chi connectivity index (χ3v) is 4.62. The molecular formula is C9H16N2O4S. The van der Waals surface area contributed by atoms with Crippen LogP contribution in [-0.4, -0.2) is 57.3 Å². The van der Waals surface area contributed by atoms with E-state index < -0.39 is 10.0 Å². The minimum atomic E-state index is -3.13. The number of hydrogen-bond acceptors (Lipinski definition) is 5. The molecule has 2 fully saturated rings. The first kappa shape index (κ1) is 11.8. The molecule has 92 valence electrons. The minimum absolute atomic E-state index is 0.0838. The quantitative estimate of drug-likeness (QED) is 0.629. The molecular weight excluding hydrogens is 232 g/mol. The third-order valence-electron chi connectivity index (χ3n) is 3.19. The van der Waals surface area contributed by atoms with Crippen LogP contribution in [0.3, 0.4) is 0 Å². The summed E-state index contributed by atoms with van der Waals surface area (Å²) in [5.74, 6) is -0.178. The molecule has 6 nitrogen and oxygen atoms in total. The van der Waals surface area contributed by atoms with Crippen molar-refractivity contribution < 1.29 is 17.9 Å². The molecule has 1 N–H and O–H groups in total. The normalized spacial score (nSPS) is 34.1. The van der Waals surface area contributed by atoms with Crippen molar-refractivity contribution in [1.82, 2.24) is 9.62 Å². The van der Waals surface area contributed by atoms with Gasteiger partial charge >= 0.3 is 5.97 Å². The lowest BCUT2D eigenvalue weighted by Gasteiger charge is -2.27. The molecule has 0 saturated carbocycles. The molecule has 2 aliphatic rings. The lowest BCUT2D eigenvalue weighted by atomic mass is 10.2. The van der Waals surface area contributed by atoms with Crippen LogP contribution in [0.1, 0.15) is 12.8 Å². The highest BCUT2D eigenvalue weighted by Crippen LogP contribution is 2.23. The van der Waals surface area contributed by atoms with E-state index in [9.17, 15) is 13.2 Å². The summed E-state index contributed by atoms with van der Waals surface area (Å²) in [6.07, 6.45) is 1.67. The minimum Gasteiger partial charge on any atom is -0.468 e. The van der Waals surface area contributed by atoms with E-state index in [-0.39, 0.29) is 23.8 Å². The van der Waals surface area contributed by atoms with Crippen LogP contribution >= 0.6 is 0 Å². The Balaban J connectivity index is 2.07. The number of esters is 1. The molecule has 0 spiro atoms. The van der Waals surface area contributed by atoms with Gasteiger partial charge in [-0.05, 0) is 19.4 Å². The van der Waals surface area contributed by atoms with Gasteiger partial charge in [0.1, 0.15) is 6.04 Å². The number of methoxy groups -OCH3 is 1. The van der Waals surface area contributed by atoms with Gasteiger partial charge in [0.05, 0.1) is 12.9 Å². The molecule has 2 aliphatic heterocycles. The van der Waals surface area contributed by atoms with Gasteiger partial charge in [0.2, 0.25) is 10.0 Å². The Bertz CT molecular complexity index is 381. The Kier molecular flexibility index (Phi) is 3.18. The molecule has 0 amide bonds. The summed E-state index contributed by atoms with van der Waals surface area (Å²) in [7, 11) is -1.77. The fourth-order valence-electron chi connectivity index (χ4n) is 2.42. The molecule has 0 aromatic rings. The largest absolute Gasteiger partial charge is 0.468 e. The Hall–Kier alpha value is -0.660. The van der Waals surface area contributed by atoms with Crippen molar-refractivity contribution in [1.29, 1.82) is 0 Å². The Morgan fingerprint density at radius 2 is 2.25 bits per heavy atom. The smallest absolute Gasteiger partial charge is 0.323 e. The van der Waals surface area contributed by atoms with E-state index in [0.29, 0.717) is 6.54 Å². The van der Waals surface area contributed by atoms with Gasteiger partial charge in [-0.2, -0.15) is 0 Å². The Labute approximate surface area is 95.0 Å². The molecule has 2 heterocycles. The zero-order valence-electron chi connectivity index (χ0n) is 9.18. The van der Waals surface area contributed by atoms with Crippen molar-refractivity contribution in [2.24, 2.45) is 0 Å². The van der Waals surface area contributed by atoms with Gasteiger partial charge in [-0.15, -0.1) is 0 Å². The van der Waals surface area contributed by atoms with Crippen LogP contribution in [0.25, 0.3) is 0 Å². The summed E-state index contributed by atoms with van der Waals surface area (Å²) in [5, 5.41) is 0. The van der Waals surface area contributed by atoms with Crippen molar-refractivity contribution in [3.8, 4) is 0 Å². The maximum atomic E-state index is 11.5. The monoisotopic (exact) mass is 248 g/mol. The fraction of sp³-hybridized carbons (Fsp3) is 0.889. The highest BCUT2D eigenvalue weighted by molar-refractivity contribution is 7.89. The van der Waals surface area contributed by atoms with Gasteiger partial charge in [-0.25, -0.2) is 13.1 Å². The van der Waals surface area contributed by atoms with E-state index in [0.717, 1.165) is 19.4 Å². The van der Waals surface area contributed by atoms with Crippen LogP contribution in [0.5, 0.6) is 0 Å². The molecule has 2 saturated heterocycles. The first-order valence-electron chi connectivity index (χ1n) is 5.34. The number of hydrogen-bond donors (Lipinski definition) is 1. The Morgan fingerprint density at radius 3 is 2.81 bits per heavy atom. The maximum Gasteiger partial charge on any atom is 0.323 e. The van der Waals surface area contributed by atoms with Crippen molar-refractivity contribution >= 4 is 16.0 Å². The standard InChI is InChI=1S/C9H16N2O4S/c1-15-9(12)8-3-2-4-11(8)7-5-10-16(13,14)6-7/h7-8,10H,2-6H2,1H3. The van der Waals surface area contributed by atoms with Crippen LogP contribution in [0.15, 0.2) is 0 Å². The van der Waals surface area contributed by atoms with Gasteiger partial charge in [0.25, 0.3) is 0 Å². The van der Waals surface area contributed by atoms with Crippen molar-refractivity contribution in [2.75, 3.05) is 26.0 Å². The van der Waals surface area contributed by atoms with Crippen molar-refractivity contribution in [3.63, 3.8) is 0 Å². The summed E-state index contributed by atoms with van der Waals surface area (Å²) in [4.78, 5) is 13.5. The molecule has 0 aromatic heterocycles. The number of ether oxygens (including phenoxy) is 1. The second-order valence-corrected chi connectivity index (χ2v) is 6.05. The zero-order valence-corrected chi connectivity index (χ0v) is 10.00. The third kappa shape index (κ3) is 2.21. The molecule has 0 aromatic carbocycles. The fourth-order valence-corrected chi connectivity index (χ4v) is 3.80. The highest BCUT2D eigenvalue weighted by Gasteiger charge is 2.40. The van der Waals surface area contributed by atoms with Crippen LogP contribution in [0.4, 0.5) is 0 Å². The number of rotatable bonds is 2. The zero-order chi connectivity index (χ0) is 11.8. The number of nitrogens with zero attached hydrogens (tertiary/aromatic N) is 1. The molecule has 0 aliphatic carbocycles. The highest BCUT2D eigenvalue weighted by atomic mass is 32.2. The van der Waals surface area contributed by atoms with E-state index in [1.807, 2.05) is 4.90 Å². The molecule has 0 radical (unpaired) electrons. The van der Waals surface area contributed by atoms with Crippen LogP contribution < -0.4 is 4.72 Å². The molecule has 0 bridgehead atoms. The van der Waals surface area contributed by atoms with Gasteiger partial charge < -0.3 is 4.74 Å². The second kappa shape index (κ2) is 4.31. The lowest BCUT2D eigenvalue weighted by Crippen LogP contribution is -2.46. The van der Waals surface area contributed by atoms with Gasteiger partial charge in [-0.1, -0.05) is 0 Å². The van der Waals surface area contributed by atoms with Crippen LogP contribution in [0, 0.1) is 0 Å². The van der Waals surface area contributed by atoms with Crippen LogP contribution in [0.2, 0.25) is 0 Å². The number of likely N-dealkylation sites (tertiary alicyclic amines) is 1. The first-order valence-corrected chi connectivity index (χ1v) is 6.99. The van der Waals surface area contributed by atoms with Gasteiger partial charge in [0.15, 0.2) is 0 Å². The average Bonchev–Trinajstić information content (AvgIpc) is 2.82. The summed E-state index contributed by atoms with van der Waals surface area (Å²) >= 11 is 0. The SMILES string of the molecule is COC(=O)C1CCCN1C1CNS(=O)(=O)C1. The topological polar surface area (TPSA) is 75.7 Å². The van der Waals surface area contributed by atoms with Crippen molar-refractivity contribution in [2.45, 2.75) is 24.9 Å². The maximum absolute atomic E-state index is 11.5. The van der Waals surface area contributed by atoms with Crippen molar-refractivity contribution in [3.05, 3.63) is 0 Å². The number of carbonyl (C=O) groups excluding carboxylic acids is 1. The molecule has 2 atom stereocenters. The first-order chi connectivity index (χ1) is 7.53. The molecule has 16 heavy (non-hydrogen) atoms. The van der Waals surface area contributed by atoms with E-state index in [4.69, 9.17) is 4.74 Å². The van der Waals surface area contributed by atoms with Gasteiger partial charge in [-0.3, -0.25) is 9.69 Å². The summed E-state index contributed by atoms with van der Waals surface area (Å²) in [6.45, 7) is 1.16. The summed E-state index contributed by atoms with van der Waals surface area (Å²) in [5.41, 5.74) is 0. The lowest BCUT2D eigenvalue weighted by molar-refractivity contribution is -0.146.